The molecule has 1 aliphatic rings. The molecule has 0 saturated heterocycles. The van der Waals surface area contributed by atoms with Gasteiger partial charge in [0.15, 0.2) is 0 Å². The van der Waals surface area contributed by atoms with E-state index in [0.29, 0.717) is 5.56 Å². The minimum absolute atomic E-state index is 0.185. The molecule has 0 amide bonds. The Morgan fingerprint density at radius 1 is 1.14 bits per heavy atom. The Balaban J connectivity index is 2.43. The summed E-state index contributed by atoms with van der Waals surface area (Å²) in [5.74, 6) is -1.73. The molecule has 4 heteroatoms. The van der Waals surface area contributed by atoms with Gasteiger partial charge >= 0.3 is 0 Å². The molecule has 1 N–H and O–H groups in total. The predicted octanol–water partition coefficient (Wildman–Crippen LogP) is 4.88. The van der Waals surface area contributed by atoms with E-state index in [9.17, 15) is 18.3 Å². The topological polar surface area (TPSA) is 20.2 Å². The predicted molar refractivity (Wildman–Crippen MR) is 76.7 cm³/mol. The summed E-state index contributed by atoms with van der Waals surface area (Å²) >= 11 is 0. The van der Waals surface area contributed by atoms with Crippen molar-refractivity contribution in [1.29, 1.82) is 0 Å². The molecule has 1 saturated carbocycles. The third kappa shape index (κ3) is 3.25. The van der Waals surface area contributed by atoms with Crippen molar-refractivity contribution in [1.82, 2.24) is 0 Å². The van der Waals surface area contributed by atoms with Crippen LogP contribution >= 0.6 is 0 Å². The second-order valence-corrected chi connectivity index (χ2v) is 6.02. The standard InChI is InChI=1S/C17H23F3O/c1-2-15(16(19)20)17(21,12-6-4-3-5-7-12)13-8-10-14(18)11-9-13/h8-12,15-16,21H,2-7H2,1H3. The van der Waals surface area contributed by atoms with Gasteiger partial charge in [-0.15, -0.1) is 0 Å². The first-order valence-corrected chi connectivity index (χ1v) is 7.76. The summed E-state index contributed by atoms with van der Waals surface area (Å²) in [6, 6.07) is 5.38. The highest BCUT2D eigenvalue weighted by Gasteiger charge is 2.48. The van der Waals surface area contributed by atoms with E-state index in [1.807, 2.05) is 0 Å². The van der Waals surface area contributed by atoms with Gasteiger partial charge in [-0.3, -0.25) is 0 Å². The molecule has 0 radical (unpaired) electrons. The van der Waals surface area contributed by atoms with Crippen molar-refractivity contribution in [3.8, 4) is 0 Å². The van der Waals surface area contributed by atoms with E-state index < -0.39 is 23.8 Å². The van der Waals surface area contributed by atoms with Crippen LogP contribution in [0.1, 0.15) is 51.0 Å². The van der Waals surface area contributed by atoms with E-state index in [-0.39, 0.29) is 12.3 Å². The summed E-state index contributed by atoms with van der Waals surface area (Å²) in [6.07, 6.45) is 2.09. The number of hydrogen-bond acceptors (Lipinski definition) is 1. The number of rotatable bonds is 5. The SMILES string of the molecule is CCC(C(F)F)C(O)(c1ccc(F)cc1)C1CCCCC1. The second-order valence-electron chi connectivity index (χ2n) is 6.02. The second kappa shape index (κ2) is 6.82. The highest BCUT2D eigenvalue weighted by atomic mass is 19.3. The molecular weight excluding hydrogens is 277 g/mol. The first-order chi connectivity index (χ1) is 10.00. The van der Waals surface area contributed by atoms with Gasteiger partial charge in [-0.25, -0.2) is 13.2 Å². The minimum atomic E-state index is -2.59. The maximum atomic E-state index is 13.5. The van der Waals surface area contributed by atoms with E-state index in [0.717, 1.165) is 32.1 Å². The van der Waals surface area contributed by atoms with Gasteiger partial charge in [-0.05, 0) is 42.9 Å². The van der Waals surface area contributed by atoms with Crippen LogP contribution in [-0.4, -0.2) is 11.5 Å². The van der Waals surface area contributed by atoms with Crippen molar-refractivity contribution >= 4 is 0 Å². The lowest BCUT2D eigenvalue weighted by Gasteiger charge is -2.44. The van der Waals surface area contributed by atoms with Crippen molar-refractivity contribution < 1.29 is 18.3 Å². The molecule has 2 atom stereocenters. The largest absolute Gasteiger partial charge is 0.384 e. The summed E-state index contributed by atoms with van der Waals surface area (Å²) in [5.41, 5.74) is -1.15. The Kier molecular flexibility index (Phi) is 5.31. The Morgan fingerprint density at radius 3 is 2.19 bits per heavy atom. The minimum Gasteiger partial charge on any atom is -0.384 e. The van der Waals surface area contributed by atoms with E-state index in [1.54, 1.807) is 6.92 Å². The number of alkyl halides is 2. The van der Waals surface area contributed by atoms with Crippen LogP contribution in [0, 0.1) is 17.7 Å². The molecule has 0 heterocycles. The smallest absolute Gasteiger partial charge is 0.244 e. The summed E-state index contributed by atoms with van der Waals surface area (Å²) in [6.45, 7) is 1.67. The zero-order valence-corrected chi connectivity index (χ0v) is 12.4. The van der Waals surface area contributed by atoms with Crippen LogP contribution in [0.4, 0.5) is 13.2 Å². The highest BCUT2D eigenvalue weighted by Crippen LogP contribution is 2.47. The van der Waals surface area contributed by atoms with Crippen molar-refractivity contribution in [2.75, 3.05) is 0 Å². The number of halogens is 3. The van der Waals surface area contributed by atoms with E-state index in [4.69, 9.17) is 0 Å². The molecule has 2 unspecified atom stereocenters. The molecule has 0 spiro atoms. The average Bonchev–Trinajstić information content (AvgIpc) is 2.49. The number of hydrogen-bond donors (Lipinski definition) is 1. The fourth-order valence-corrected chi connectivity index (χ4v) is 3.69. The van der Waals surface area contributed by atoms with Gasteiger partial charge in [0, 0.05) is 0 Å². The van der Waals surface area contributed by atoms with Crippen molar-refractivity contribution in [2.24, 2.45) is 11.8 Å². The zero-order chi connectivity index (χ0) is 15.5. The van der Waals surface area contributed by atoms with E-state index in [2.05, 4.69) is 0 Å². The number of aliphatic hydroxyl groups is 1. The summed E-state index contributed by atoms with van der Waals surface area (Å²) in [4.78, 5) is 0. The normalized spacial score (nSPS) is 21.2. The zero-order valence-electron chi connectivity index (χ0n) is 12.4. The molecule has 1 aromatic rings. The maximum Gasteiger partial charge on any atom is 0.244 e. The van der Waals surface area contributed by atoms with E-state index >= 15 is 0 Å². The number of benzene rings is 1. The molecule has 1 fully saturated rings. The van der Waals surface area contributed by atoms with Crippen LogP contribution in [0.3, 0.4) is 0 Å². The maximum absolute atomic E-state index is 13.5. The fourth-order valence-electron chi connectivity index (χ4n) is 3.69. The molecule has 0 aromatic heterocycles. The Morgan fingerprint density at radius 2 is 1.71 bits per heavy atom. The van der Waals surface area contributed by atoms with E-state index in [1.165, 1.54) is 24.3 Å². The van der Waals surface area contributed by atoms with Crippen LogP contribution < -0.4 is 0 Å². The Labute approximate surface area is 124 Å². The molecule has 1 aliphatic carbocycles. The highest BCUT2D eigenvalue weighted by molar-refractivity contribution is 5.25. The van der Waals surface area contributed by atoms with Gasteiger partial charge < -0.3 is 5.11 Å². The first kappa shape index (κ1) is 16.3. The molecule has 0 bridgehead atoms. The van der Waals surface area contributed by atoms with Crippen molar-refractivity contribution in [3.63, 3.8) is 0 Å². The molecule has 1 aromatic carbocycles. The van der Waals surface area contributed by atoms with Gasteiger partial charge in [0.1, 0.15) is 11.4 Å². The average molecular weight is 300 g/mol. The Bertz CT molecular complexity index is 440. The van der Waals surface area contributed by atoms with Crippen LogP contribution in [0.2, 0.25) is 0 Å². The molecule has 0 aliphatic heterocycles. The van der Waals surface area contributed by atoms with Crippen LogP contribution in [0.25, 0.3) is 0 Å². The lowest BCUT2D eigenvalue weighted by atomic mass is 9.66. The molecule has 21 heavy (non-hydrogen) atoms. The summed E-state index contributed by atoms with van der Waals surface area (Å²) in [5, 5.41) is 11.2. The van der Waals surface area contributed by atoms with Gasteiger partial charge in [-0.1, -0.05) is 38.3 Å². The van der Waals surface area contributed by atoms with Crippen LogP contribution in [0.15, 0.2) is 24.3 Å². The van der Waals surface area contributed by atoms with Crippen LogP contribution in [0.5, 0.6) is 0 Å². The van der Waals surface area contributed by atoms with Crippen molar-refractivity contribution in [3.05, 3.63) is 35.6 Å². The van der Waals surface area contributed by atoms with Crippen molar-refractivity contribution in [2.45, 2.75) is 57.5 Å². The monoisotopic (exact) mass is 300 g/mol. The fraction of sp³-hybridized carbons (Fsp3) is 0.647. The molecule has 118 valence electrons. The van der Waals surface area contributed by atoms with Crippen LogP contribution in [-0.2, 0) is 5.60 Å². The molecule has 1 nitrogen and oxygen atoms in total. The Hall–Kier alpha value is -1.03. The van der Waals surface area contributed by atoms with Gasteiger partial charge in [0.05, 0.1) is 5.92 Å². The van der Waals surface area contributed by atoms with Gasteiger partial charge in [-0.2, -0.15) is 0 Å². The molecular formula is C17H23F3O. The molecule has 2 rings (SSSR count). The third-order valence-electron chi connectivity index (χ3n) is 4.84. The van der Waals surface area contributed by atoms with Gasteiger partial charge in [0.25, 0.3) is 0 Å². The quantitative estimate of drug-likeness (QED) is 0.821. The third-order valence-corrected chi connectivity index (χ3v) is 4.84. The summed E-state index contributed by atoms with van der Waals surface area (Å²) in [7, 11) is 0. The lowest BCUT2D eigenvalue weighted by molar-refractivity contribution is -0.136. The lowest BCUT2D eigenvalue weighted by Crippen LogP contribution is -2.46. The first-order valence-electron chi connectivity index (χ1n) is 7.76. The summed E-state index contributed by atoms with van der Waals surface area (Å²) < 4.78 is 40.1. The van der Waals surface area contributed by atoms with Gasteiger partial charge in [0.2, 0.25) is 6.43 Å².